The van der Waals surface area contributed by atoms with Crippen molar-refractivity contribution in [1.82, 2.24) is 15.4 Å². The molecule has 1 aromatic heterocycles. The van der Waals surface area contributed by atoms with Crippen LogP contribution in [0.2, 0.25) is 0 Å². The second-order valence-corrected chi connectivity index (χ2v) is 12.8. The molecular formula is C46H29N3. The van der Waals surface area contributed by atoms with E-state index in [2.05, 4.69) is 175 Å². The number of hydrogen-bond acceptors (Lipinski definition) is 3. The Morgan fingerprint density at radius 1 is 0.408 bits per heavy atom. The molecule has 1 heterocycles. The molecule has 228 valence electrons. The van der Waals surface area contributed by atoms with Crippen molar-refractivity contribution < 1.29 is 0 Å². The van der Waals surface area contributed by atoms with Gasteiger partial charge in [-0.2, -0.15) is 0 Å². The van der Waals surface area contributed by atoms with Gasteiger partial charge in [-0.15, -0.1) is 10.2 Å². The van der Waals surface area contributed by atoms with Crippen LogP contribution in [0.1, 0.15) is 27.8 Å². The minimum absolute atomic E-state index is 0.614. The fourth-order valence-electron chi connectivity index (χ4n) is 8.20. The minimum Gasteiger partial charge on any atom is -0.129 e. The summed E-state index contributed by atoms with van der Waals surface area (Å²) < 4.78 is 0. The highest BCUT2D eigenvalue weighted by Gasteiger charge is 2.49. The number of aromatic nitrogens is 3. The number of rotatable bonds is 4. The first-order valence-corrected chi connectivity index (χ1v) is 16.7. The lowest BCUT2D eigenvalue weighted by atomic mass is 9.59. The first kappa shape index (κ1) is 27.6. The van der Waals surface area contributed by atoms with Gasteiger partial charge in [-0.3, -0.25) is 0 Å². The van der Waals surface area contributed by atoms with Gasteiger partial charge in [0.2, 0.25) is 0 Å². The third kappa shape index (κ3) is 4.06. The third-order valence-electron chi connectivity index (χ3n) is 10.3. The number of fused-ring (bicyclic) bond motifs is 8. The van der Waals surface area contributed by atoms with E-state index in [0.717, 1.165) is 44.8 Å². The van der Waals surface area contributed by atoms with E-state index in [-0.39, 0.29) is 0 Å². The Hall–Kier alpha value is -6.45. The molecular weight excluding hydrogens is 595 g/mol. The largest absolute Gasteiger partial charge is 0.129 e. The summed E-state index contributed by atoms with van der Waals surface area (Å²) in [7, 11) is 0. The zero-order valence-electron chi connectivity index (χ0n) is 26.6. The van der Waals surface area contributed by atoms with Crippen LogP contribution < -0.4 is 0 Å². The molecule has 0 amide bonds. The van der Waals surface area contributed by atoms with E-state index >= 15 is 0 Å². The molecule has 1 unspecified atom stereocenters. The van der Waals surface area contributed by atoms with Crippen LogP contribution in [0, 0.1) is 5.41 Å². The Labute approximate surface area is 285 Å². The van der Waals surface area contributed by atoms with E-state index in [0.29, 0.717) is 0 Å². The molecule has 0 saturated carbocycles. The molecule has 1 atom stereocenters. The summed E-state index contributed by atoms with van der Waals surface area (Å²) in [6.45, 7) is 0. The van der Waals surface area contributed by atoms with Crippen LogP contribution in [0.5, 0.6) is 0 Å². The van der Waals surface area contributed by atoms with Gasteiger partial charge in [-0.25, -0.2) is 0 Å². The van der Waals surface area contributed by atoms with E-state index in [1.54, 1.807) is 0 Å². The van der Waals surface area contributed by atoms with Crippen molar-refractivity contribution in [2.45, 2.75) is 0 Å². The average molecular weight is 624 g/mol. The van der Waals surface area contributed by atoms with Crippen LogP contribution in [0.3, 0.4) is 0 Å². The predicted molar refractivity (Wildman–Crippen MR) is 200 cm³/mol. The van der Waals surface area contributed by atoms with Gasteiger partial charge in [0.25, 0.3) is 0 Å². The highest BCUT2D eigenvalue weighted by molar-refractivity contribution is 6.12. The molecule has 1 spiro atoms. The van der Waals surface area contributed by atoms with E-state index in [4.69, 9.17) is 10.2 Å². The van der Waals surface area contributed by atoms with Gasteiger partial charge in [0.05, 0.1) is 5.41 Å². The maximum atomic E-state index is 4.92. The van der Waals surface area contributed by atoms with Gasteiger partial charge in [0.1, 0.15) is 11.4 Å². The lowest BCUT2D eigenvalue weighted by molar-refractivity contribution is 0.772. The molecule has 3 heteroatoms. The Kier molecular flexibility index (Phi) is 6.09. The van der Waals surface area contributed by atoms with Crippen molar-refractivity contribution in [2.24, 2.45) is 5.41 Å². The molecule has 0 bridgehead atoms. The van der Waals surface area contributed by atoms with E-state index in [1.165, 1.54) is 44.5 Å². The van der Waals surface area contributed by atoms with E-state index < -0.39 is 5.41 Å². The summed E-state index contributed by atoms with van der Waals surface area (Å²) in [5, 5.41) is 14.2. The van der Waals surface area contributed by atoms with Crippen molar-refractivity contribution in [3.05, 3.63) is 203 Å². The molecule has 0 saturated heterocycles. The van der Waals surface area contributed by atoms with E-state index in [1.807, 2.05) is 6.07 Å². The van der Waals surface area contributed by atoms with Crippen molar-refractivity contribution in [3.63, 3.8) is 0 Å². The van der Waals surface area contributed by atoms with Crippen molar-refractivity contribution in [1.29, 1.82) is 0 Å². The van der Waals surface area contributed by atoms with Gasteiger partial charge in [-0.05, 0) is 78.6 Å². The molecule has 5 aromatic carbocycles. The molecule has 3 nitrogen and oxygen atoms in total. The summed E-state index contributed by atoms with van der Waals surface area (Å²) in [5.74, 6) is 0. The summed E-state index contributed by atoms with van der Waals surface area (Å²) in [6, 6.07) is 46.9. The first-order valence-electron chi connectivity index (χ1n) is 16.7. The monoisotopic (exact) mass is 623 g/mol. The van der Waals surface area contributed by atoms with Crippen LogP contribution >= 0.6 is 0 Å². The number of benzene rings is 5. The van der Waals surface area contributed by atoms with Crippen molar-refractivity contribution >= 4 is 28.9 Å². The fourth-order valence-corrected chi connectivity index (χ4v) is 8.20. The number of nitrogens with zero attached hydrogens (tertiary/aromatic N) is 3. The molecule has 0 fully saturated rings. The molecule has 0 N–H and O–H groups in total. The average Bonchev–Trinajstić information content (AvgIpc) is 3.76. The standard InChI is InChI=1S/C46H29N3/c1-3-14-30(15-4-1)34-20-11-12-23-39(34)45-43(44(47-49-48-45)31-16-5-2-6-17-31)40-26-25-38-36-22-10-8-19-33(36)29-42(38)46(40)27-13-24-37-35-21-9-7-18-32(35)28-41(37)46/h1-29H. The molecule has 0 aliphatic heterocycles. The van der Waals surface area contributed by atoms with Crippen LogP contribution in [-0.4, -0.2) is 15.4 Å². The van der Waals surface area contributed by atoms with Gasteiger partial charge in [0, 0.05) is 16.7 Å². The predicted octanol–water partition coefficient (Wildman–Crippen LogP) is 10.8. The number of hydrogen-bond donors (Lipinski definition) is 0. The molecule has 4 aliphatic carbocycles. The molecule has 6 aromatic rings. The first-order chi connectivity index (χ1) is 24.3. The highest BCUT2D eigenvalue weighted by Crippen LogP contribution is 2.64. The normalized spacial score (nSPS) is 18.0. The van der Waals surface area contributed by atoms with Gasteiger partial charge in [0.15, 0.2) is 0 Å². The molecule has 0 radical (unpaired) electrons. The second kappa shape index (κ2) is 10.8. The van der Waals surface area contributed by atoms with E-state index in [9.17, 15) is 0 Å². The van der Waals surface area contributed by atoms with Crippen molar-refractivity contribution in [3.8, 4) is 33.6 Å². The molecule has 49 heavy (non-hydrogen) atoms. The molecule has 4 aliphatic rings. The summed E-state index contributed by atoms with van der Waals surface area (Å²) >= 11 is 0. The van der Waals surface area contributed by atoms with Crippen LogP contribution in [0.4, 0.5) is 0 Å². The lowest BCUT2D eigenvalue weighted by Crippen LogP contribution is -2.29. The lowest BCUT2D eigenvalue weighted by Gasteiger charge is -2.42. The van der Waals surface area contributed by atoms with Gasteiger partial charge >= 0.3 is 0 Å². The van der Waals surface area contributed by atoms with Gasteiger partial charge < -0.3 is 0 Å². The maximum absolute atomic E-state index is 4.92. The summed E-state index contributed by atoms with van der Waals surface area (Å²) in [6.07, 6.45) is 16.3. The van der Waals surface area contributed by atoms with Crippen LogP contribution in [0.25, 0.3) is 62.5 Å². The SMILES string of the molecule is C1=CC2(C3=Cc4ccccc4C3=C1)C1=Cc3ccccc3C1=CC=C2c1c(-c2ccccc2)nnnc1-c1ccccc1-c1ccccc1. The summed E-state index contributed by atoms with van der Waals surface area (Å²) in [5.41, 5.74) is 17.4. The zero-order chi connectivity index (χ0) is 32.4. The Bertz CT molecular complexity index is 2510. The number of allylic oxidation sites excluding steroid dienone is 10. The smallest absolute Gasteiger partial charge is 0.105 e. The highest BCUT2D eigenvalue weighted by atomic mass is 15.3. The quantitative estimate of drug-likeness (QED) is 0.196. The summed E-state index contributed by atoms with van der Waals surface area (Å²) in [4.78, 5) is 0. The Morgan fingerprint density at radius 3 is 1.61 bits per heavy atom. The second-order valence-electron chi connectivity index (χ2n) is 12.8. The van der Waals surface area contributed by atoms with Gasteiger partial charge in [-0.1, -0.05) is 164 Å². The van der Waals surface area contributed by atoms with Crippen molar-refractivity contribution in [2.75, 3.05) is 0 Å². The Morgan fingerprint density at radius 2 is 0.939 bits per heavy atom. The van der Waals surface area contributed by atoms with Crippen LogP contribution in [0.15, 0.2) is 175 Å². The topological polar surface area (TPSA) is 38.7 Å². The Balaban J connectivity index is 1.31. The fraction of sp³-hybridized carbons (Fsp3) is 0.0217. The minimum atomic E-state index is -0.614. The van der Waals surface area contributed by atoms with Crippen LogP contribution in [-0.2, 0) is 0 Å². The maximum Gasteiger partial charge on any atom is 0.105 e. The zero-order valence-corrected chi connectivity index (χ0v) is 26.6. The third-order valence-corrected chi connectivity index (χ3v) is 10.3. The molecule has 10 rings (SSSR count).